The topological polar surface area (TPSA) is 49.3 Å². The lowest BCUT2D eigenvalue weighted by molar-refractivity contribution is -0.198. The van der Waals surface area contributed by atoms with Gasteiger partial charge in [-0.1, -0.05) is 32.1 Å². The first-order valence-electron chi connectivity index (χ1n) is 7.89. The van der Waals surface area contributed by atoms with Gasteiger partial charge >= 0.3 is 6.18 Å². The molecule has 0 aromatic rings. The maximum Gasteiger partial charge on any atom is 0.392 e. The molecule has 2 fully saturated rings. The Morgan fingerprint density at radius 2 is 1.71 bits per heavy atom. The minimum Gasteiger partial charge on any atom is -0.388 e. The number of rotatable bonds is 3. The number of alkyl halides is 3. The zero-order valence-electron chi connectivity index (χ0n) is 12.2. The van der Waals surface area contributed by atoms with Gasteiger partial charge in [-0.25, -0.2) is 0 Å². The third-order valence-corrected chi connectivity index (χ3v) is 4.90. The van der Waals surface area contributed by atoms with Crippen LogP contribution in [0.5, 0.6) is 0 Å². The van der Waals surface area contributed by atoms with E-state index in [0.29, 0.717) is 25.7 Å². The lowest BCUT2D eigenvalue weighted by atomic mass is 9.78. The SMILES string of the molecule is O=C(NCC1(O)CCCCC1)C1CCCCC1C(F)(F)F. The molecule has 0 heterocycles. The van der Waals surface area contributed by atoms with Crippen molar-refractivity contribution in [3.63, 3.8) is 0 Å². The van der Waals surface area contributed by atoms with E-state index in [1.165, 1.54) is 0 Å². The average molecular weight is 307 g/mol. The molecule has 2 saturated carbocycles. The lowest BCUT2D eigenvalue weighted by Crippen LogP contribution is -2.48. The van der Waals surface area contributed by atoms with Gasteiger partial charge in [-0.3, -0.25) is 4.79 Å². The summed E-state index contributed by atoms with van der Waals surface area (Å²) in [5, 5.41) is 12.9. The van der Waals surface area contributed by atoms with E-state index < -0.39 is 29.5 Å². The Hall–Kier alpha value is -0.780. The van der Waals surface area contributed by atoms with Crippen molar-refractivity contribution in [1.82, 2.24) is 5.32 Å². The van der Waals surface area contributed by atoms with Crippen LogP contribution in [0.15, 0.2) is 0 Å². The molecule has 1 amide bonds. The van der Waals surface area contributed by atoms with E-state index in [4.69, 9.17) is 0 Å². The third-order valence-electron chi connectivity index (χ3n) is 4.90. The Bertz CT molecular complexity index is 364. The summed E-state index contributed by atoms with van der Waals surface area (Å²) in [5.41, 5.74) is -0.934. The van der Waals surface area contributed by atoms with Gasteiger partial charge in [-0.2, -0.15) is 13.2 Å². The fourth-order valence-electron chi connectivity index (χ4n) is 3.61. The van der Waals surface area contributed by atoms with Crippen molar-refractivity contribution in [3.8, 4) is 0 Å². The molecule has 0 aliphatic heterocycles. The summed E-state index contributed by atoms with van der Waals surface area (Å²) < 4.78 is 39.0. The molecular weight excluding hydrogens is 283 g/mol. The fourth-order valence-corrected chi connectivity index (χ4v) is 3.61. The van der Waals surface area contributed by atoms with Crippen LogP contribution in [0.4, 0.5) is 13.2 Å². The van der Waals surface area contributed by atoms with Crippen molar-refractivity contribution in [2.45, 2.75) is 69.6 Å². The van der Waals surface area contributed by atoms with E-state index in [1.807, 2.05) is 0 Å². The average Bonchev–Trinajstić information content (AvgIpc) is 2.45. The molecule has 2 N–H and O–H groups in total. The minimum absolute atomic E-state index is 0.0336. The van der Waals surface area contributed by atoms with Crippen molar-refractivity contribution in [1.29, 1.82) is 0 Å². The molecule has 2 aliphatic rings. The first-order chi connectivity index (χ1) is 9.82. The van der Waals surface area contributed by atoms with E-state index in [-0.39, 0.29) is 19.4 Å². The predicted octanol–water partition coefficient (Wildman–Crippen LogP) is 3.17. The Morgan fingerprint density at radius 3 is 2.33 bits per heavy atom. The maximum absolute atomic E-state index is 13.0. The molecule has 122 valence electrons. The van der Waals surface area contributed by atoms with Gasteiger partial charge in [-0.15, -0.1) is 0 Å². The van der Waals surface area contributed by atoms with Gasteiger partial charge in [0.25, 0.3) is 0 Å². The van der Waals surface area contributed by atoms with Crippen LogP contribution in [-0.2, 0) is 4.79 Å². The Balaban J connectivity index is 1.91. The molecule has 0 aromatic carbocycles. The molecule has 2 rings (SSSR count). The summed E-state index contributed by atoms with van der Waals surface area (Å²) in [6.45, 7) is 0.0763. The van der Waals surface area contributed by atoms with Gasteiger partial charge in [-0.05, 0) is 25.7 Å². The van der Waals surface area contributed by atoms with E-state index >= 15 is 0 Å². The zero-order valence-corrected chi connectivity index (χ0v) is 12.2. The van der Waals surface area contributed by atoms with Gasteiger partial charge in [0.15, 0.2) is 0 Å². The maximum atomic E-state index is 13.0. The van der Waals surface area contributed by atoms with Crippen LogP contribution in [0.1, 0.15) is 57.8 Å². The Kier molecular flexibility index (Phi) is 5.17. The molecule has 0 saturated heterocycles. The monoisotopic (exact) mass is 307 g/mol. The Labute approximate surface area is 123 Å². The first-order valence-corrected chi connectivity index (χ1v) is 7.89. The van der Waals surface area contributed by atoms with Crippen LogP contribution < -0.4 is 5.32 Å². The second-order valence-corrected chi connectivity index (χ2v) is 6.54. The standard InChI is InChI=1S/C15H24F3NO2/c16-15(17,18)12-7-3-2-6-11(12)13(20)19-10-14(21)8-4-1-5-9-14/h11-12,21H,1-10H2,(H,19,20). The van der Waals surface area contributed by atoms with E-state index in [9.17, 15) is 23.1 Å². The molecule has 0 bridgehead atoms. The van der Waals surface area contributed by atoms with E-state index in [1.54, 1.807) is 0 Å². The smallest absolute Gasteiger partial charge is 0.388 e. The van der Waals surface area contributed by atoms with Gasteiger partial charge in [0, 0.05) is 12.5 Å². The van der Waals surface area contributed by atoms with Gasteiger partial charge in [0.05, 0.1) is 11.5 Å². The fraction of sp³-hybridized carbons (Fsp3) is 0.933. The summed E-state index contributed by atoms with van der Waals surface area (Å²) in [4.78, 5) is 12.1. The molecule has 3 nitrogen and oxygen atoms in total. The molecule has 0 radical (unpaired) electrons. The van der Waals surface area contributed by atoms with Crippen molar-refractivity contribution >= 4 is 5.91 Å². The summed E-state index contributed by atoms with van der Waals surface area (Å²) in [6.07, 6.45) is 1.29. The summed E-state index contributed by atoms with van der Waals surface area (Å²) in [7, 11) is 0. The third kappa shape index (κ3) is 4.34. The molecule has 0 aromatic heterocycles. The van der Waals surface area contributed by atoms with Gasteiger partial charge < -0.3 is 10.4 Å². The largest absolute Gasteiger partial charge is 0.392 e. The second kappa shape index (κ2) is 6.55. The lowest BCUT2D eigenvalue weighted by Gasteiger charge is -2.35. The highest BCUT2D eigenvalue weighted by molar-refractivity contribution is 5.79. The van der Waals surface area contributed by atoms with Crippen molar-refractivity contribution in [2.75, 3.05) is 6.54 Å². The van der Waals surface area contributed by atoms with Crippen LogP contribution >= 0.6 is 0 Å². The van der Waals surface area contributed by atoms with Crippen LogP contribution in [-0.4, -0.2) is 29.3 Å². The predicted molar refractivity (Wildman–Crippen MR) is 72.5 cm³/mol. The molecule has 2 unspecified atom stereocenters. The van der Waals surface area contributed by atoms with Gasteiger partial charge in [0.2, 0.25) is 5.91 Å². The highest BCUT2D eigenvalue weighted by Gasteiger charge is 2.48. The second-order valence-electron chi connectivity index (χ2n) is 6.54. The number of aliphatic hydroxyl groups is 1. The molecule has 2 atom stereocenters. The number of halogens is 3. The Morgan fingerprint density at radius 1 is 1.10 bits per heavy atom. The highest BCUT2D eigenvalue weighted by Crippen LogP contribution is 2.41. The van der Waals surface area contributed by atoms with Crippen molar-refractivity contribution in [3.05, 3.63) is 0 Å². The summed E-state index contributed by atoms with van der Waals surface area (Å²) in [5.74, 6) is -3.07. The normalized spacial score (nSPS) is 29.9. The van der Waals surface area contributed by atoms with Crippen molar-refractivity contribution < 1.29 is 23.1 Å². The quantitative estimate of drug-likeness (QED) is 0.841. The van der Waals surface area contributed by atoms with E-state index in [0.717, 1.165) is 19.3 Å². The van der Waals surface area contributed by atoms with Crippen LogP contribution in [0.2, 0.25) is 0 Å². The minimum atomic E-state index is -4.32. The number of amides is 1. The molecular formula is C15H24F3NO2. The summed E-state index contributed by atoms with van der Waals surface area (Å²) >= 11 is 0. The first kappa shape index (κ1) is 16.6. The molecule has 2 aliphatic carbocycles. The van der Waals surface area contributed by atoms with Crippen LogP contribution in [0.3, 0.4) is 0 Å². The number of hydrogen-bond acceptors (Lipinski definition) is 2. The molecule has 0 spiro atoms. The van der Waals surface area contributed by atoms with Crippen LogP contribution in [0, 0.1) is 11.8 Å². The number of hydrogen-bond donors (Lipinski definition) is 2. The van der Waals surface area contributed by atoms with E-state index in [2.05, 4.69) is 5.32 Å². The highest BCUT2D eigenvalue weighted by atomic mass is 19.4. The van der Waals surface area contributed by atoms with Crippen molar-refractivity contribution in [2.24, 2.45) is 11.8 Å². The number of nitrogens with one attached hydrogen (secondary N) is 1. The number of carbonyl (C=O) groups is 1. The van der Waals surface area contributed by atoms with Crippen LogP contribution in [0.25, 0.3) is 0 Å². The zero-order chi connectivity index (χ0) is 15.5. The summed E-state index contributed by atoms with van der Waals surface area (Å²) in [6, 6.07) is 0. The van der Waals surface area contributed by atoms with Gasteiger partial charge in [0.1, 0.15) is 0 Å². The molecule has 6 heteroatoms. The number of carbonyl (C=O) groups excluding carboxylic acids is 1. The molecule has 21 heavy (non-hydrogen) atoms.